The first kappa shape index (κ1) is 13.6. The Morgan fingerprint density at radius 1 is 1.50 bits per heavy atom. The molecule has 1 saturated heterocycles. The number of halogens is 3. The van der Waals surface area contributed by atoms with Crippen molar-refractivity contribution in [1.29, 1.82) is 0 Å². The summed E-state index contributed by atoms with van der Waals surface area (Å²) in [7, 11) is 0. The average Bonchev–Trinajstić information content (AvgIpc) is 2.40. The lowest BCUT2D eigenvalue weighted by atomic mass is 10.0. The van der Waals surface area contributed by atoms with E-state index in [0.29, 0.717) is 13.2 Å². The van der Waals surface area contributed by atoms with Crippen LogP contribution in [-0.4, -0.2) is 31.6 Å². The summed E-state index contributed by atoms with van der Waals surface area (Å²) >= 11 is 2.97. The van der Waals surface area contributed by atoms with Crippen molar-refractivity contribution >= 4 is 21.7 Å². The number of morpholine rings is 1. The maximum absolute atomic E-state index is 13.7. The van der Waals surface area contributed by atoms with E-state index >= 15 is 0 Å². The minimum absolute atomic E-state index is 0.152. The van der Waals surface area contributed by atoms with Crippen LogP contribution < -0.4 is 5.32 Å². The molecular weight excluding hydrogens is 308 g/mol. The van der Waals surface area contributed by atoms with Gasteiger partial charge in [-0.2, -0.15) is 0 Å². The fourth-order valence-corrected chi connectivity index (χ4v) is 2.17. The van der Waals surface area contributed by atoms with E-state index < -0.39 is 17.7 Å². The zero-order valence-electron chi connectivity index (χ0n) is 9.51. The zero-order valence-corrected chi connectivity index (χ0v) is 11.1. The minimum atomic E-state index is -0.722. The molecule has 1 atom stereocenters. The van der Waals surface area contributed by atoms with Gasteiger partial charge in [-0.3, -0.25) is 4.79 Å². The highest BCUT2D eigenvalue weighted by Crippen LogP contribution is 2.22. The second-order valence-electron chi connectivity index (χ2n) is 4.05. The molecule has 0 saturated carbocycles. The molecule has 98 valence electrons. The molecule has 1 aromatic rings. The van der Waals surface area contributed by atoms with E-state index in [2.05, 4.69) is 21.2 Å². The Labute approximate surface area is 112 Å². The number of ether oxygens (including phenoxy) is 1. The number of hydrogen-bond acceptors (Lipinski definition) is 3. The standard InChI is InChI=1S/C12H12BrF2NO2/c13-8-1-2-9(14)7(12(8)15)5-11(17)10-6-18-4-3-16-10/h1-2,10,16H,3-6H2. The topological polar surface area (TPSA) is 38.3 Å². The third-order valence-corrected chi connectivity index (χ3v) is 3.41. The van der Waals surface area contributed by atoms with Crippen LogP contribution in [-0.2, 0) is 16.0 Å². The van der Waals surface area contributed by atoms with E-state index in [1.165, 1.54) is 6.07 Å². The second-order valence-corrected chi connectivity index (χ2v) is 4.90. The van der Waals surface area contributed by atoms with Crippen LogP contribution in [0.15, 0.2) is 16.6 Å². The van der Waals surface area contributed by atoms with Crippen LogP contribution >= 0.6 is 15.9 Å². The van der Waals surface area contributed by atoms with Crippen LogP contribution in [0.2, 0.25) is 0 Å². The molecule has 2 rings (SSSR count). The Balaban J connectivity index is 2.13. The Morgan fingerprint density at radius 3 is 2.94 bits per heavy atom. The monoisotopic (exact) mass is 319 g/mol. The number of hydrogen-bond donors (Lipinski definition) is 1. The second kappa shape index (κ2) is 5.86. The summed E-state index contributed by atoms with van der Waals surface area (Å²) in [5.41, 5.74) is -0.207. The predicted octanol–water partition coefficient (Wildman–Crippen LogP) is 1.83. The van der Waals surface area contributed by atoms with E-state index in [4.69, 9.17) is 4.74 Å². The van der Waals surface area contributed by atoms with Gasteiger partial charge in [0.15, 0.2) is 5.78 Å². The van der Waals surface area contributed by atoms with Crippen molar-refractivity contribution in [3.8, 4) is 0 Å². The van der Waals surface area contributed by atoms with Gasteiger partial charge in [0.1, 0.15) is 11.6 Å². The first-order valence-corrected chi connectivity index (χ1v) is 6.35. The fourth-order valence-electron chi connectivity index (χ4n) is 1.80. The first-order valence-electron chi connectivity index (χ1n) is 5.56. The van der Waals surface area contributed by atoms with Crippen molar-refractivity contribution in [3.63, 3.8) is 0 Å². The molecule has 1 aliphatic heterocycles. The normalized spacial score (nSPS) is 19.8. The fraction of sp³-hybridized carbons (Fsp3) is 0.417. The third kappa shape index (κ3) is 2.93. The number of ketones is 1. The first-order chi connectivity index (χ1) is 8.59. The Kier molecular flexibility index (Phi) is 4.42. The summed E-state index contributed by atoms with van der Waals surface area (Å²) in [6.07, 6.45) is -0.280. The molecule has 0 amide bonds. The Hall–Kier alpha value is -0.850. The van der Waals surface area contributed by atoms with Crippen molar-refractivity contribution in [1.82, 2.24) is 5.32 Å². The van der Waals surface area contributed by atoms with Crippen LogP contribution in [0.3, 0.4) is 0 Å². The number of nitrogens with one attached hydrogen (secondary N) is 1. The molecule has 3 nitrogen and oxygen atoms in total. The highest BCUT2D eigenvalue weighted by atomic mass is 79.9. The van der Waals surface area contributed by atoms with E-state index in [0.717, 1.165) is 6.07 Å². The summed E-state index contributed by atoms with van der Waals surface area (Å²) in [5, 5.41) is 2.96. The van der Waals surface area contributed by atoms with Crippen molar-refractivity contribution in [2.45, 2.75) is 12.5 Å². The summed E-state index contributed by atoms with van der Waals surface area (Å²) in [5.74, 6) is -1.70. The lowest BCUT2D eigenvalue weighted by Gasteiger charge is -2.22. The van der Waals surface area contributed by atoms with Crippen LogP contribution in [0.25, 0.3) is 0 Å². The van der Waals surface area contributed by atoms with E-state index in [1.54, 1.807) is 0 Å². The van der Waals surface area contributed by atoms with E-state index in [-0.39, 0.29) is 28.8 Å². The smallest absolute Gasteiger partial charge is 0.156 e. The van der Waals surface area contributed by atoms with Crippen molar-refractivity contribution in [3.05, 3.63) is 33.8 Å². The molecule has 1 heterocycles. The molecular formula is C12H12BrF2NO2. The highest BCUT2D eigenvalue weighted by molar-refractivity contribution is 9.10. The molecule has 1 fully saturated rings. The number of rotatable bonds is 3. The van der Waals surface area contributed by atoms with Gasteiger partial charge in [0.25, 0.3) is 0 Å². The number of benzene rings is 1. The Bertz CT molecular complexity index is 462. The average molecular weight is 320 g/mol. The van der Waals surface area contributed by atoms with Gasteiger partial charge < -0.3 is 10.1 Å². The third-order valence-electron chi connectivity index (χ3n) is 2.80. The lowest BCUT2D eigenvalue weighted by molar-refractivity contribution is -0.123. The quantitative estimate of drug-likeness (QED) is 0.864. The minimum Gasteiger partial charge on any atom is -0.378 e. The van der Waals surface area contributed by atoms with Gasteiger partial charge in [-0.25, -0.2) is 8.78 Å². The van der Waals surface area contributed by atoms with E-state index in [1.807, 2.05) is 0 Å². The molecule has 1 aliphatic rings. The zero-order chi connectivity index (χ0) is 13.1. The summed E-state index contributed by atoms with van der Waals surface area (Å²) in [6.45, 7) is 1.36. The van der Waals surface area contributed by atoms with Gasteiger partial charge in [-0.05, 0) is 28.1 Å². The summed E-state index contributed by atoms with van der Waals surface area (Å²) in [4.78, 5) is 11.9. The highest BCUT2D eigenvalue weighted by Gasteiger charge is 2.24. The molecule has 0 spiro atoms. The van der Waals surface area contributed by atoms with Gasteiger partial charge >= 0.3 is 0 Å². The van der Waals surface area contributed by atoms with Crippen LogP contribution in [0.1, 0.15) is 5.56 Å². The Morgan fingerprint density at radius 2 is 2.28 bits per heavy atom. The number of carbonyl (C=O) groups is 1. The van der Waals surface area contributed by atoms with E-state index in [9.17, 15) is 13.6 Å². The van der Waals surface area contributed by atoms with Gasteiger partial charge in [0, 0.05) is 18.5 Å². The predicted molar refractivity (Wildman–Crippen MR) is 65.4 cm³/mol. The molecule has 0 aliphatic carbocycles. The van der Waals surface area contributed by atoms with Crippen molar-refractivity contribution in [2.24, 2.45) is 0 Å². The maximum Gasteiger partial charge on any atom is 0.156 e. The molecule has 0 aromatic heterocycles. The molecule has 18 heavy (non-hydrogen) atoms. The summed E-state index contributed by atoms with van der Waals surface area (Å²) < 4.78 is 32.5. The van der Waals surface area contributed by atoms with Gasteiger partial charge in [0.2, 0.25) is 0 Å². The lowest BCUT2D eigenvalue weighted by Crippen LogP contribution is -2.47. The van der Waals surface area contributed by atoms with Crippen LogP contribution in [0, 0.1) is 11.6 Å². The molecule has 0 radical (unpaired) electrons. The van der Waals surface area contributed by atoms with Gasteiger partial charge in [-0.15, -0.1) is 0 Å². The van der Waals surface area contributed by atoms with Crippen LogP contribution in [0.4, 0.5) is 8.78 Å². The number of carbonyl (C=O) groups excluding carboxylic acids is 1. The molecule has 1 N–H and O–H groups in total. The van der Waals surface area contributed by atoms with Gasteiger partial charge in [0.05, 0.1) is 23.7 Å². The molecule has 1 aromatic carbocycles. The molecule has 6 heteroatoms. The van der Waals surface area contributed by atoms with Gasteiger partial charge in [-0.1, -0.05) is 0 Å². The largest absolute Gasteiger partial charge is 0.378 e. The molecule has 0 bridgehead atoms. The molecule has 1 unspecified atom stereocenters. The SMILES string of the molecule is O=C(Cc1c(F)ccc(Br)c1F)C1COCCN1. The van der Waals surface area contributed by atoms with Crippen molar-refractivity contribution in [2.75, 3.05) is 19.8 Å². The van der Waals surface area contributed by atoms with Crippen molar-refractivity contribution < 1.29 is 18.3 Å². The number of Topliss-reactive ketones (excluding diaryl/α,β-unsaturated/α-hetero) is 1. The summed E-state index contributed by atoms with van der Waals surface area (Å²) in [6, 6.07) is 1.93. The maximum atomic E-state index is 13.7. The van der Waals surface area contributed by atoms with Crippen LogP contribution in [0.5, 0.6) is 0 Å².